The molecule has 5 heteroatoms. The molecule has 3 rings (SSSR count). The third-order valence-corrected chi connectivity index (χ3v) is 4.91. The Morgan fingerprint density at radius 2 is 1.96 bits per heavy atom. The maximum absolute atomic E-state index is 4.68. The van der Waals surface area contributed by atoms with Gasteiger partial charge in [-0.15, -0.1) is 0 Å². The topological polar surface area (TPSA) is 46.8 Å². The predicted molar refractivity (Wildman–Crippen MR) is 96.8 cm³/mol. The molecule has 0 spiro atoms. The van der Waals surface area contributed by atoms with Crippen molar-refractivity contribution in [3.8, 4) is 11.4 Å². The maximum atomic E-state index is 4.68. The molecule has 1 fully saturated rings. The number of hydrogen-bond donors (Lipinski definition) is 0. The zero-order valence-electron chi connectivity index (χ0n) is 15.3. The molecule has 0 radical (unpaired) electrons. The molecule has 0 saturated carbocycles. The van der Waals surface area contributed by atoms with E-state index in [9.17, 15) is 0 Å². The van der Waals surface area contributed by atoms with Crippen molar-refractivity contribution in [3.63, 3.8) is 0 Å². The Morgan fingerprint density at radius 1 is 1.12 bits per heavy atom. The zero-order chi connectivity index (χ0) is 17.1. The van der Waals surface area contributed by atoms with E-state index in [0.717, 1.165) is 23.5 Å². The lowest BCUT2D eigenvalue weighted by Gasteiger charge is -2.35. The van der Waals surface area contributed by atoms with E-state index in [-0.39, 0.29) is 0 Å². The normalized spacial score (nSPS) is 19.3. The SMILES string of the molecule is CC(C)N1CCCC(Cc2cnc(-c3ccnn3C(C)C)cn2)C1. The van der Waals surface area contributed by atoms with Gasteiger partial charge in [0.25, 0.3) is 0 Å². The van der Waals surface area contributed by atoms with Gasteiger partial charge in [0.2, 0.25) is 0 Å². The lowest BCUT2D eigenvalue weighted by atomic mass is 9.93. The highest BCUT2D eigenvalue weighted by atomic mass is 15.3. The first kappa shape index (κ1) is 17.1. The Hall–Kier alpha value is -1.75. The highest BCUT2D eigenvalue weighted by molar-refractivity contribution is 5.52. The van der Waals surface area contributed by atoms with Crippen molar-refractivity contribution in [2.75, 3.05) is 13.1 Å². The molecule has 0 aromatic carbocycles. The molecule has 0 aliphatic carbocycles. The molecule has 2 aromatic heterocycles. The van der Waals surface area contributed by atoms with Gasteiger partial charge < -0.3 is 4.90 Å². The molecular formula is C19H29N5. The summed E-state index contributed by atoms with van der Waals surface area (Å²) in [6, 6.07) is 2.96. The second-order valence-corrected chi connectivity index (χ2v) is 7.45. The van der Waals surface area contributed by atoms with Gasteiger partial charge in [0.05, 0.1) is 17.6 Å². The number of piperidine rings is 1. The van der Waals surface area contributed by atoms with Crippen LogP contribution in [-0.2, 0) is 6.42 Å². The molecule has 1 atom stereocenters. The summed E-state index contributed by atoms with van der Waals surface area (Å²) in [5, 5.41) is 4.38. The molecule has 5 nitrogen and oxygen atoms in total. The number of likely N-dealkylation sites (tertiary alicyclic amines) is 1. The van der Waals surface area contributed by atoms with Gasteiger partial charge in [0.15, 0.2) is 0 Å². The van der Waals surface area contributed by atoms with Crippen molar-refractivity contribution >= 4 is 0 Å². The van der Waals surface area contributed by atoms with Gasteiger partial charge in [-0.1, -0.05) is 0 Å². The summed E-state index contributed by atoms with van der Waals surface area (Å²) in [6.07, 6.45) is 9.29. The van der Waals surface area contributed by atoms with Gasteiger partial charge in [-0.2, -0.15) is 5.10 Å². The largest absolute Gasteiger partial charge is 0.301 e. The van der Waals surface area contributed by atoms with Crippen LogP contribution >= 0.6 is 0 Å². The monoisotopic (exact) mass is 327 g/mol. The second kappa shape index (κ2) is 7.43. The van der Waals surface area contributed by atoms with Crippen molar-refractivity contribution in [2.45, 2.75) is 59.0 Å². The van der Waals surface area contributed by atoms with Gasteiger partial charge in [0.1, 0.15) is 5.69 Å². The average Bonchev–Trinajstić information content (AvgIpc) is 3.06. The summed E-state index contributed by atoms with van der Waals surface area (Å²) in [7, 11) is 0. The van der Waals surface area contributed by atoms with Crippen LogP contribution in [-0.4, -0.2) is 43.8 Å². The maximum Gasteiger partial charge on any atom is 0.107 e. The Bertz CT molecular complexity index is 644. The lowest BCUT2D eigenvalue weighted by Crippen LogP contribution is -2.40. The van der Waals surface area contributed by atoms with Crippen LogP contribution in [0.4, 0.5) is 0 Å². The lowest BCUT2D eigenvalue weighted by molar-refractivity contribution is 0.139. The van der Waals surface area contributed by atoms with E-state index in [1.165, 1.54) is 25.9 Å². The van der Waals surface area contributed by atoms with Crippen molar-refractivity contribution in [1.82, 2.24) is 24.6 Å². The number of aromatic nitrogens is 4. The standard InChI is InChI=1S/C19H29N5/c1-14(2)23-9-5-6-16(13-23)10-17-11-21-18(12-20-17)19-7-8-22-24(19)15(3)4/h7-8,11-12,14-16H,5-6,9-10,13H2,1-4H3. The first-order valence-corrected chi connectivity index (χ1v) is 9.13. The number of nitrogens with zero attached hydrogens (tertiary/aromatic N) is 5. The second-order valence-electron chi connectivity index (χ2n) is 7.45. The zero-order valence-corrected chi connectivity index (χ0v) is 15.3. The first-order valence-electron chi connectivity index (χ1n) is 9.13. The minimum Gasteiger partial charge on any atom is -0.301 e. The molecule has 3 heterocycles. The predicted octanol–water partition coefficient (Wildman–Crippen LogP) is 3.58. The average molecular weight is 327 g/mol. The highest BCUT2D eigenvalue weighted by Gasteiger charge is 2.22. The first-order chi connectivity index (χ1) is 11.5. The summed E-state index contributed by atoms with van der Waals surface area (Å²) in [6.45, 7) is 11.2. The number of hydrogen-bond acceptors (Lipinski definition) is 4. The minimum absolute atomic E-state index is 0.320. The molecule has 130 valence electrons. The third-order valence-electron chi connectivity index (χ3n) is 4.91. The van der Waals surface area contributed by atoms with Gasteiger partial charge in [-0.25, -0.2) is 0 Å². The van der Waals surface area contributed by atoms with Crippen molar-refractivity contribution in [3.05, 3.63) is 30.4 Å². The number of rotatable bonds is 5. The molecule has 1 unspecified atom stereocenters. The van der Waals surface area contributed by atoms with E-state index in [1.54, 1.807) is 0 Å². The summed E-state index contributed by atoms with van der Waals surface area (Å²) >= 11 is 0. The van der Waals surface area contributed by atoms with Crippen LogP contribution in [0.15, 0.2) is 24.7 Å². The minimum atomic E-state index is 0.320. The smallest absolute Gasteiger partial charge is 0.107 e. The Kier molecular flexibility index (Phi) is 5.29. The molecular weight excluding hydrogens is 298 g/mol. The van der Waals surface area contributed by atoms with Crippen molar-refractivity contribution < 1.29 is 0 Å². The molecule has 0 amide bonds. The summed E-state index contributed by atoms with van der Waals surface area (Å²) in [5.41, 5.74) is 3.04. The van der Waals surface area contributed by atoms with Gasteiger partial charge in [-0.05, 0) is 65.5 Å². The van der Waals surface area contributed by atoms with Crippen LogP contribution in [0.5, 0.6) is 0 Å². The van der Waals surface area contributed by atoms with E-state index in [1.807, 2.05) is 29.3 Å². The Balaban J connectivity index is 1.67. The summed E-state index contributed by atoms with van der Waals surface area (Å²) in [5.74, 6) is 0.697. The van der Waals surface area contributed by atoms with Crippen molar-refractivity contribution in [2.24, 2.45) is 5.92 Å². The third kappa shape index (κ3) is 3.83. The van der Waals surface area contributed by atoms with E-state index < -0.39 is 0 Å². The van der Waals surface area contributed by atoms with Crippen LogP contribution < -0.4 is 0 Å². The molecule has 2 aromatic rings. The fraction of sp³-hybridized carbons (Fsp3) is 0.632. The molecule has 0 bridgehead atoms. The van der Waals surface area contributed by atoms with E-state index >= 15 is 0 Å². The molecule has 1 aliphatic heterocycles. The highest BCUT2D eigenvalue weighted by Crippen LogP contribution is 2.23. The van der Waals surface area contributed by atoms with Crippen LogP contribution in [0.25, 0.3) is 11.4 Å². The molecule has 1 saturated heterocycles. The van der Waals surface area contributed by atoms with Crippen LogP contribution in [0.1, 0.15) is 52.3 Å². The van der Waals surface area contributed by atoms with Gasteiger partial charge in [0, 0.05) is 31.0 Å². The fourth-order valence-electron chi connectivity index (χ4n) is 3.55. The van der Waals surface area contributed by atoms with Crippen LogP contribution in [0, 0.1) is 5.92 Å². The molecule has 1 aliphatic rings. The summed E-state index contributed by atoms with van der Waals surface area (Å²) in [4.78, 5) is 11.9. The van der Waals surface area contributed by atoms with Crippen LogP contribution in [0.3, 0.4) is 0 Å². The Morgan fingerprint density at radius 3 is 2.62 bits per heavy atom. The molecule has 24 heavy (non-hydrogen) atoms. The van der Waals surface area contributed by atoms with Gasteiger partial charge >= 0.3 is 0 Å². The van der Waals surface area contributed by atoms with E-state index in [2.05, 4.69) is 47.7 Å². The Labute approximate surface area is 145 Å². The molecule has 0 N–H and O–H groups in total. The quantitative estimate of drug-likeness (QED) is 0.842. The van der Waals surface area contributed by atoms with Crippen LogP contribution in [0.2, 0.25) is 0 Å². The van der Waals surface area contributed by atoms with E-state index in [0.29, 0.717) is 18.0 Å². The van der Waals surface area contributed by atoms with Gasteiger partial charge in [-0.3, -0.25) is 14.6 Å². The van der Waals surface area contributed by atoms with E-state index in [4.69, 9.17) is 0 Å². The fourth-order valence-corrected chi connectivity index (χ4v) is 3.55. The summed E-state index contributed by atoms with van der Waals surface area (Å²) < 4.78 is 1.99. The van der Waals surface area contributed by atoms with Crippen molar-refractivity contribution in [1.29, 1.82) is 0 Å².